The van der Waals surface area contributed by atoms with Gasteiger partial charge in [0.25, 0.3) is 0 Å². The SMILES string of the molecule is CCCCCc1ccc(-c2ccc(OC(=O)c3ccc(CCCC)cc3)cc2)c(C)c1. The van der Waals surface area contributed by atoms with Crippen LogP contribution in [0.15, 0.2) is 66.7 Å². The Kier molecular flexibility index (Phi) is 8.46. The van der Waals surface area contributed by atoms with Crippen LogP contribution in [-0.2, 0) is 12.8 Å². The van der Waals surface area contributed by atoms with Crippen molar-refractivity contribution >= 4 is 5.97 Å². The monoisotopic (exact) mass is 414 g/mol. The average molecular weight is 415 g/mol. The summed E-state index contributed by atoms with van der Waals surface area (Å²) in [5.74, 6) is 0.250. The predicted molar refractivity (Wildman–Crippen MR) is 130 cm³/mol. The summed E-state index contributed by atoms with van der Waals surface area (Å²) in [6, 6.07) is 22.3. The summed E-state index contributed by atoms with van der Waals surface area (Å²) < 4.78 is 5.58. The molecule has 0 fully saturated rings. The molecular weight excluding hydrogens is 380 g/mol. The smallest absolute Gasteiger partial charge is 0.343 e. The van der Waals surface area contributed by atoms with Gasteiger partial charge in [-0.3, -0.25) is 0 Å². The van der Waals surface area contributed by atoms with Crippen LogP contribution in [0.25, 0.3) is 11.1 Å². The molecule has 0 aromatic heterocycles. The van der Waals surface area contributed by atoms with Crippen LogP contribution in [0.3, 0.4) is 0 Å². The molecular formula is C29H34O2. The number of rotatable bonds is 10. The van der Waals surface area contributed by atoms with Crippen LogP contribution in [0.5, 0.6) is 5.75 Å². The molecule has 0 saturated heterocycles. The van der Waals surface area contributed by atoms with Crippen molar-refractivity contribution < 1.29 is 9.53 Å². The van der Waals surface area contributed by atoms with Crippen molar-refractivity contribution in [2.45, 2.75) is 65.7 Å². The third-order valence-corrected chi connectivity index (χ3v) is 5.74. The molecule has 31 heavy (non-hydrogen) atoms. The largest absolute Gasteiger partial charge is 0.423 e. The summed E-state index contributed by atoms with van der Waals surface area (Å²) in [4.78, 5) is 12.5. The lowest BCUT2D eigenvalue weighted by atomic mass is 9.96. The molecule has 0 atom stereocenters. The Labute approximate surface area is 187 Å². The first-order valence-corrected chi connectivity index (χ1v) is 11.6. The van der Waals surface area contributed by atoms with Crippen LogP contribution in [0, 0.1) is 6.92 Å². The molecule has 0 radical (unpaired) electrons. The highest BCUT2D eigenvalue weighted by Gasteiger charge is 2.10. The predicted octanol–water partition coefficient (Wildman–Crippen LogP) is 7.96. The standard InChI is InChI=1S/C29H34O2/c1-4-6-8-10-24-13-20-28(22(3)21-24)25-16-18-27(19-17-25)31-29(30)26-14-11-23(12-15-26)9-7-5-2/h11-21H,4-10H2,1-3H3. The summed E-state index contributed by atoms with van der Waals surface area (Å²) in [6.07, 6.45) is 8.30. The zero-order chi connectivity index (χ0) is 22.1. The van der Waals surface area contributed by atoms with Crippen molar-refractivity contribution in [1.29, 1.82) is 0 Å². The summed E-state index contributed by atoms with van der Waals surface area (Å²) in [7, 11) is 0. The fourth-order valence-electron chi connectivity index (χ4n) is 3.84. The van der Waals surface area contributed by atoms with Gasteiger partial charge in [-0.1, -0.05) is 75.6 Å². The van der Waals surface area contributed by atoms with E-state index in [0.29, 0.717) is 11.3 Å². The Hall–Kier alpha value is -2.87. The minimum Gasteiger partial charge on any atom is -0.423 e. The maximum atomic E-state index is 12.5. The quantitative estimate of drug-likeness (QED) is 0.191. The van der Waals surface area contributed by atoms with Gasteiger partial charge >= 0.3 is 5.97 Å². The summed E-state index contributed by atoms with van der Waals surface area (Å²) >= 11 is 0. The Morgan fingerprint density at radius 2 is 1.39 bits per heavy atom. The number of carbonyl (C=O) groups is 1. The van der Waals surface area contributed by atoms with Crippen molar-refractivity contribution in [3.63, 3.8) is 0 Å². The molecule has 3 aromatic carbocycles. The molecule has 3 rings (SSSR count). The van der Waals surface area contributed by atoms with Crippen LogP contribution in [0.4, 0.5) is 0 Å². The molecule has 0 amide bonds. The van der Waals surface area contributed by atoms with Crippen LogP contribution in [0.1, 0.15) is 73.0 Å². The Morgan fingerprint density at radius 1 is 0.742 bits per heavy atom. The number of carbonyl (C=O) groups excluding carboxylic acids is 1. The Morgan fingerprint density at radius 3 is 2.03 bits per heavy atom. The fraction of sp³-hybridized carbons (Fsp3) is 0.345. The maximum absolute atomic E-state index is 12.5. The van der Waals surface area contributed by atoms with Gasteiger partial charge in [0.1, 0.15) is 5.75 Å². The van der Waals surface area contributed by atoms with E-state index in [9.17, 15) is 4.79 Å². The first kappa shape index (κ1) is 22.8. The highest BCUT2D eigenvalue weighted by Crippen LogP contribution is 2.27. The van der Waals surface area contributed by atoms with Gasteiger partial charge in [0, 0.05) is 0 Å². The number of aryl methyl sites for hydroxylation is 3. The van der Waals surface area contributed by atoms with Gasteiger partial charge in [-0.05, 0) is 84.7 Å². The second-order valence-corrected chi connectivity index (χ2v) is 8.32. The average Bonchev–Trinajstić information content (AvgIpc) is 2.79. The fourth-order valence-corrected chi connectivity index (χ4v) is 3.84. The lowest BCUT2D eigenvalue weighted by Crippen LogP contribution is -2.08. The molecule has 0 aliphatic heterocycles. The van der Waals surface area contributed by atoms with E-state index in [0.717, 1.165) is 24.8 Å². The topological polar surface area (TPSA) is 26.3 Å². The molecule has 2 heteroatoms. The van der Waals surface area contributed by atoms with E-state index >= 15 is 0 Å². The normalized spacial score (nSPS) is 10.8. The zero-order valence-corrected chi connectivity index (χ0v) is 19.1. The van der Waals surface area contributed by atoms with E-state index in [1.54, 1.807) is 0 Å². The minimum absolute atomic E-state index is 0.317. The van der Waals surface area contributed by atoms with Gasteiger partial charge in [0.15, 0.2) is 0 Å². The van der Waals surface area contributed by atoms with Crippen LogP contribution >= 0.6 is 0 Å². The number of hydrogen-bond donors (Lipinski definition) is 0. The van der Waals surface area contributed by atoms with E-state index in [-0.39, 0.29) is 5.97 Å². The van der Waals surface area contributed by atoms with Gasteiger partial charge in [0.2, 0.25) is 0 Å². The van der Waals surface area contributed by atoms with Gasteiger partial charge in [-0.15, -0.1) is 0 Å². The molecule has 162 valence electrons. The lowest BCUT2D eigenvalue weighted by Gasteiger charge is -2.10. The first-order chi connectivity index (χ1) is 15.1. The highest BCUT2D eigenvalue weighted by atomic mass is 16.5. The first-order valence-electron chi connectivity index (χ1n) is 11.6. The molecule has 0 aliphatic carbocycles. The molecule has 0 aliphatic rings. The van der Waals surface area contributed by atoms with Crippen molar-refractivity contribution in [2.24, 2.45) is 0 Å². The summed E-state index contributed by atoms with van der Waals surface area (Å²) in [5.41, 5.74) is 6.88. The Bertz CT molecular complexity index is 969. The molecule has 0 saturated carbocycles. The van der Waals surface area contributed by atoms with E-state index in [2.05, 4.69) is 39.0 Å². The van der Waals surface area contributed by atoms with Crippen molar-refractivity contribution in [2.75, 3.05) is 0 Å². The van der Waals surface area contributed by atoms with E-state index in [4.69, 9.17) is 4.74 Å². The molecule has 0 heterocycles. The molecule has 2 nitrogen and oxygen atoms in total. The van der Waals surface area contributed by atoms with Gasteiger partial charge in [-0.25, -0.2) is 4.79 Å². The molecule has 0 unspecified atom stereocenters. The van der Waals surface area contributed by atoms with E-state index in [1.165, 1.54) is 47.9 Å². The second kappa shape index (κ2) is 11.5. The molecule has 0 N–H and O–H groups in total. The maximum Gasteiger partial charge on any atom is 0.343 e. The highest BCUT2D eigenvalue weighted by molar-refractivity contribution is 5.91. The van der Waals surface area contributed by atoms with Crippen LogP contribution in [0.2, 0.25) is 0 Å². The third kappa shape index (κ3) is 6.55. The number of esters is 1. The van der Waals surface area contributed by atoms with Crippen molar-refractivity contribution in [1.82, 2.24) is 0 Å². The summed E-state index contributed by atoms with van der Waals surface area (Å²) in [5, 5.41) is 0. The van der Waals surface area contributed by atoms with Gasteiger partial charge in [0.05, 0.1) is 5.56 Å². The van der Waals surface area contributed by atoms with Crippen molar-refractivity contribution in [3.8, 4) is 16.9 Å². The van der Waals surface area contributed by atoms with Crippen LogP contribution < -0.4 is 4.74 Å². The minimum atomic E-state index is -0.317. The zero-order valence-electron chi connectivity index (χ0n) is 19.1. The molecule has 0 bridgehead atoms. The number of benzene rings is 3. The summed E-state index contributed by atoms with van der Waals surface area (Å²) in [6.45, 7) is 6.58. The molecule has 0 spiro atoms. The van der Waals surface area contributed by atoms with E-state index < -0.39 is 0 Å². The Balaban J connectivity index is 1.63. The van der Waals surface area contributed by atoms with Gasteiger partial charge in [-0.2, -0.15) is 0 Å². The third-order valence-electron chi connectivity index (χ3n) is 5.74. The molecule has 3 aromatic rings. The number of unbranched alkanes of at least 4 members (excludes halogenated alkanes) is 3. The number of hydrogen-bond acceptors (Lipinski definition) is 2. The number of ether oxygens (including phenoxy) is 1. The lowest BCUT2D eigenvalue weighted by molar-refractivity contribution is 0.0735. The second-order valence-electron chi connectivity index (χ2n) is 8.32. The van der Waals surface area contributed by atoms with Gasteiger partial charge < -0.3 is 4.74 Å². The van der Waals surface area contributed by atoms with Crippen molar-refractivity contribution in [3.05, 3.63) is 89.0 Å². The van der Waals surface area contributed by atoms with E-state index in [1.807, 2.05) is 48.5 Å². The van der Waals surface area contributed by atoms with Crippen LogP contribution in [-0.4, -0.2) is 5.97 Å².